The highest BCUT2D eigenvalue weighted by molar-refractivity contribution is 5.94. The maximum absolute atomic E-state index is 12.4. The largest absolute Gasteiger partial charge is 0.497 e. The van der Waals surface area contributed by atoms with Crippen molar-refractivity contribution in [2.75, 3.05) is 27.3 Å². The Morgan fingerprint density at radius 2 is 2.04 bits per heavy atom. The lowest BCUT2D eigenvalue weighted by Crippen LogP contribution is -3.08. The van der Waals surface area contributed by atoms with Crippen LogP contribution in [0.15, 0.2) is 35.5 Å². The van der Waals surface area contributed by atoms with Gasteiger partial charge in [0.15, 0.2) is 0 Å². The molecule has 1 unspecified atom stereocenters. The first kappa shape index (κ1) is 19.8. The van der Waals surface area contributed by atoms with Crippen molar-refractivity contribution >= 4 is 12.0 Å². The number of hydrogen-bond donors (Lipinski definition) is 3. The molecule has 0 spiro atoms. The monoisotopic (exact) mass is 362 g/mol. The van der Waals surface area contributed by atoms with Gasteiger partial charge in [-0.25, -0.2) is 9.59 Å². The van der Waals surface area contributed by atoms with Crippen molar-refractivity contribution in [3.8, 4) is 5.75 Å². The summed E-state index contributed by atoms with van der Waals surface area (Å²) in [4.78, 5) is 25.5. The van der Waals surface area contributed by atoms with Crippen molar-refractivity contribution in [2.45, 2.75) is 32.9 Å². The third-order valence-corrected chi connectivity index (χ3v) is 4.27. The molecule has 2 rings (SSSR count). The molecule has 3 N–H and O–H groups in total. The lowest BCUT2D eigenvalue weighted by molar-refractivity contribution is -0.889. The van der Waals surface area contributed by atoms with Gasteiger partial charge in [-0.15, -0.1) is 0 Å². The smallest absolute Gasteiger partial charge is 0.338 e. The van der Waals surface area contributed by atoms with Gasteiger partial charge < -0.3 is 25.0 Å². The average Bonchev–Trinajstić information content (AvgIpc) is 2.61. The number of urea groups is 1. The van der Waals surface area contributed by atoms with Gasteiger partial charge in [0.2, 0.25) is 0 Å². The van der Waals surface area contributed by atoms with Crippen molar-refractivity contribution in [3.63, 3.8) is 0 Å². The van der Waals surface area contributed by atoms with Gasteiger partial charge >= 0.3 is 12.0 Å². The number of rotatable bonds is 8. The molecule has 2 amide bonds. The van der Waals surface area contributed by atoms with Crippen LogP contribution >= 0.6 is 0 Å². The van der Waals surface area contributed by atoms with Crippen LogP contribution in [-0.4, -0.2) is 45.4 Å². The maximum atomic E-state index is 12.4. The summed E-state index contributed by atoms with van der Waals surface area (Å²) in [6, 6.07) is 7.25. The van der Waals surface area contributed by atoms with Gasteiger partial charge in [0.1, 0.15) is 18.8 Å². The Balaban J connectivity index is 2.20. The molecular formula is C19H28N3O4+. The summed E-state index contributed by atoms with van der Waals surface area (Å²) in [7, 11) is 3.66. The number of benzene rings is 1. The van der Waals surface area contributed by atoms with Gasteiger partial charge in [0.25, 0.3) is 0 Å². The van der Waals surface area contributed by atoms with E-state index in [2.05, 4.69) is 10.6 Å². The molecule has 0 aliphatic carbocycles. The normalized spacial score (nSPS) is 18.0. The van der Waals surface area contributed by atoms with Crippen LogP contribution in [-0.2, 0) is 16.1 Å². The summed E-state index contributed by atoms with van der Waals surface area (Å²) in [5, 5.41) is 5.58. The number of methoxy groups -OCH3 is 1. The summed E-state index contributed by atoms with van der Waals surface area (Å²) in [5.41, 5.74) is 2.26. The van der Waals surface area contributed by atoms with Crippen LogP contribution in [0.5, 0.6) is 5.75 Å². The molecule has 1 aliphatic rings. The van der Waals surface area contributed by atoms with E-state index in [-0.39, 0.29) is 18.0 Å². The van der Waals surface area contributed by atoms with E-state index in [0.717, 1.165) is 22.8 Å². The summed E-state index contributed by atoms with van der Waals surface area (Å²) in [6.45, 7) is 5.24. The second-order valence-corrected chi connectivity index (χ2v) is 6.33. The molecule has 1 heterocycles. The van der Waals surface area contributed by atoms with Crippen molar-refractivity contribution in [3.05, 3.63) is 41.1 Å². The number of ether oxygens (including phenoxy) is 2. The summed E-state index contributed by atoms with van der Waals surface area (Å²) in [5.74, 6) is 0.430. The summed E-state index contributed by atoms with van der Waals surface area (Å²) in [6.07, 6.45) is 0.625. The Kier molecular flexibility index (Phi) is 7.03. The van der Waals surface area contributed by atoms with E-state index in [1.165, 1.54) is 0 Å². The Labute approximate surface area is 154 Å². The van der Waals surface area contributed by atoms with Gasteiger partial charge in [-0.2, -0.15) is 0 Å². The van der Waals surface area contributed by atoms with Crippen LogP contribution in [0.3, 0.4) is 0 Å². The van der Waals surface area contributed by atoms with Crippen LogP contribution in [0.4, 0.5) is 4.79 Å². The molecule has 0 radical (unpaired) electrons. The lowest BCUT2D eigenvalue weighted by Gasteiger charge is -2.29. The quantitative estimate of drug-likeness (QED) is 0.592. The zero-order valence-corrected chi connectivity index (χ0v) is 15.8. The molecule has 1 aromatic rings. The molecule has 7 heteroatoms. The van der Waals surface area contributed by atoms with E-state index < -0.39 is 0 Å². The lowest BCUT2D eigenvalue weighted by atomic mass is 10.00. The van der Waals surface area contributed by atoms with E-state index >= 15 is 0 Å². The number of hydrogen-bond acceptors (Lipinski definition) is 4. The van der Waals surface area contributed by atoms with Crippen LogP contribution in [0.25, 0.3) is 0 Å². The summed E-state index contributed by atoms with van der Waals surface area (Å²) >= 11 is 0. The first-order valence-corrected chi connectivity index (χ1v) is 8.90. The van der Waals surface area contributed by atoms with E-state index in [9.17, 15) is 9.59 Å². The zero-order chi connectivity index (χ0) is 19.1. The number of carbonyl (C=O) groups excluding carboxylic acids is 2. The van der Waals surface area contributed by atoms with Crippen LogP contribution in [0, 0.1) is 0 Å². The van der Waals surface area contributed by atoms with Crippen molar-refractivity contribution in [2.24, 2.45) is 0 Å². The van der Waals surface area contributed by atoms with Crippen molar-refractivity contribution < 1.29 is 24.0 Å². The van der Waals surface area contributed by atoms with Gasteiger partial charge in [-0.1, -0.05) is 19.1 Å². The minimum atomic E-state index is -0.379. The van der Waals surface area contributed by atoms with E-state index in [1.54, 1.807) is 14.0 Å². The standard InChI is InChI=1S/C19H27N3O4/c1-5-15-17(18(23)26-6-2)16(21-19(24)20-15)12-22(3)11-13-8-7-9-14(10-13)25-4/h7-10,15H,5-6,11-12H2,1-4H3,(H2,20,21,24)/p+1/t15-/m0/s1. The highest BCUT2D eigenvalue weighted by atomic mass is 16.5. The highest BCUT2D eigenvalue weighted by Crippen LogP contribution is 2.16. The Hall–Kier alpha value is -2.54. The number of amides is 2. The number of quaternary nitrogens is 1. The Bertz CT molecular complexity index is 687. The van der Waals surface area contributed by atoms with E-state index in [1.807, 2.05) is 38.2 Å². The fraction of sp³-hybridized carbons (Fsp3) is 0.474. The highest BCUT2D eigenvalue weighted by Gasteiger charge is 2.32. The average molecular weight is 362 g/mol. The number of nitrogens with one attached hydrogen (secondary N) is 3. The fourth-order valence-electron chi connectivity index (χ4n) is 3.10. The van der Waals surface area contributed by atoms with Gasteiger partial charge in [0.05, 0.1) is 38.1 Å². The predicted molar refractivity (Wildman–Crippen MR) is 97.9 cm³/mol. The number of likely N-dealkylation sites (N-methyl/N-ethyl adjacent to an activating group) is 1. The Morgan fingerprint density at radius 3 is 2.69 bits per heavy atom. The van der Waals surface area contributed by atoms with E-state index in [0.29, 0.717) is 30.8 Å². The zero-order valence-electron chi connectivity index (χ0n) is 15.8. The minimum Gasteiger partial charge on any atom is -0.497 e. The first-order chi connectivity index (χ1) is 12.5. The molecular weight excluding hydrogens is 334 g/mol. The predicted octanol–water partition coefficient (Wildman–Crippen LogP) is 0.619. The van der Waals surface area contributed by atoms with Crippen LogP contribution < -0.4 is 20.3 Å². The second kappa shape index (κ2) is 9.24. The van der Waals surface area contributed by atoms with Crippen LogP contribution in [0.1, 0.15) is 25.8 Å². The third kappa shape index (κ3) is 4.98. The van der Waals surface area contributed by atoms with Gasteiger partial charge in [-0.05, 0) is 25.5 Å². The number of carbonyl (C=O) groups is 2. The van der Waals surface area contributed by atoms with Gasteiger partial charge in [0, 0.05) is 5.56 Å². The first-order valence-electron chi connectivity index (χ1n) is 8.90. The number of esters is 1. The van der Waals surface area contributed by atoms with Crippen molar-refractivity contribution in [1.29, 1.82) is 0 Å². The Morgan fingerprint density at radius 1 is 1.27 bits per heavy atom. The fourth-order valence-corrected chi connectivity index (χ4v) is 3.10. The van der Waals surface area contributed by atoms with Crippen LogP contribution in [0.2, 0.25) is 0 Å². The minimum absolute atomic E-state index is 0.283. The maximum Gasteiger partial charge on any atom is 0.338 e. The molecule has 2 atom stereocenters. The molecule has 0 fully saturated rings. The third-order valence-electron chi connectivity index (χ3n) is 4.27. The molecule has 0 aromatic heterocycles. The molecule has 1 aliphatic heterocycles. The summed E-state index contributed by atoms with van der Waals surface area (Å²) < 4.78 is 10.5. The molecule has 1 aromatic carbocycles. The molecule has 142 valence electrons. The SMILES string of the molecule is CCOC(=O)C1=C(C[NH+](C)Cc2cccc(OC)c2)NC(=O)N[C@H]1CC. The molecule has 7 nitrogen and oxygen atoms in total. The van der Waals surface area contributed by atoms with Crippen molar-refractivity contribution in [1.82, 2.24) is 10.6 Å². The molecule has 0 saturated heterocycles. The second-order valence-electron chi connectivity index (χ2n) is 6.33. The molecule has 26 heavy (non-hydrogen) atoms. The van der Waals surface area contributed by atoms with E-state index in [4.69, 9.17) is 9.47 Å². The topological polar surface area (TPSA) is 81.1 Å². The van der Waals surface area contributed by atoms with Gasteiger partial charge in [-0.3, -0.25) is 0 Å². The molecule has 0 bridgehead atoms. The molecule has 0 saturated carbocycles.